The highest BCUT2D eigenvalue weighted by Gasteiger charge is 2.09. The fraction of sp³-hybridized carbons (Fsp3) is 0.211. The third-order valence-corrected chi connectivity index (χ3v) is 5.27. The second-order valence-electron chi connectivity index (χ2n) is 5.73. The first kappa shape index (κ1) is 17.1. The SMILES string of the molecule is Cc1ccccc1NCC(C)Sc1ncc(-c2ccc(Br)cc2)[nH]1. The number of aromatic amines is 1. The fourth-order valence-corrected chi connectivity index (χ4v) is 3.49. The minimum absolute atomic E-state index is 0.411. The van der Waals surface area contributed by atoms with E-state index < -0.39 is 0 Å². The average molecular weight is 402 g/mol. The summed E-state index contributed by atoms with van der Waals surface area (Å²) in [5.74, 6) is 0. The highest BCUT2D eigenvalue weighted by molar-refractivity contribution is 9.10. The molecule has 0 aliphatic heterocycles. The summed E-state index contributed by atoms with van der Waals surface area (Å²) in [5, 5.41) is 4.87. The maximum absolute atomic E-state index is 4.50. The Hall–Kier alpha value is -1.72. The van der Waals surface area contributed by atoms with Crippen LogP contribution >= 0.6 is 27.7 Å². The summed E-state index contributed by atoms with van der Waals surface area (Å²) >= 11 is 5.21. The number of anilines is 1. The second-order valence-corrected chi connectivity index (χ2v) is 8.08. The number of halogens is 1. The van der Waals surface area contributed by atoms with Crippen molar-refractivity contribution in [3.8, 4) is 11.3 Å². The fourth-order valence-electron chi connectivity index (χ4n) is 2.40. The predicted octanol–water partition coefficient (Wildman–Crippen LogP) is 5.74. The zero-order chi connectivity index (χ0) is 16.9. The molecule has 0 fully saturated rings. The van der Waals surface area contributed by atoms with Gasteiger partial charge in [0.2, 0.25) is 0 Å². The van der Waals surface area contributed by atoms with Gasteiger partial charge in [-0.05, 0) is 36.2 Å². The molecule has 1 unspecified atom stereocenters. The highest BCUT2D eigenvalue weighted by Crippen LogP contribution is 2.25. The largest absolute Gasteiger partial charge is 0.384 e. The van der Waals surface area contributed by atoms with Gasteiger partial charge in [-0.15, -0.1) is 0 Å². The Labute approximate surface area is 155 Å². The van der Waals surface area contributed by atoms with Gasteiger partial charge in [-0.25, -0.2) is 4.98 Å². The number of nitrogens with one attached hydrogen (secondary N) is 2. The van der Waals surface area contributed by atoms with Gasteiger partial charge in [-0.1, -0.05) is 64.9 Å². The van der Waals surface area contributed by atoms with Gasteiger partial charge in [-0.2, -0.15) is 0 Å². The zero-order valence-electron chi connectivity index (χ0n) is 13.7. The number of imidazole rings is 1. The number of benzene rings is 2. The molecular weight excluding hydrogens is 382 g/mol. The van der Waals surface area contributed by atoms with Crippen LogP contribution in [-0.4, -0.2) is 21.8 Å². The van der Waals surface area contributed by atoms with Gasteiger partial charge in [0.05, 0.1) is 11.9 Å². The van der Waals surface area contributed by atoms with E-state index in [0.717, 1.165) is 27.4 Å². The van der Waals surface area contributed by atoms with Crippen LogP contribution in [0.2, 0.25) is 0 Å². The molecule has 3 rings (SSSR count). The van der Waals surface area contributed by atoms with Crippen molar-refractivity contribution in [1.82, 2.24) is 9.97 Å². The van der Waals surface area contributed by atoms with E-state index in [1.807, 2.05) is 18.3 Å². The Morgan fingerprint density at radius 1 is 1.17 bits per heavy atom. The van der Waals surface area contributed by atoms with Crippen molar-refractivity contribution in [3.63, 3.8) is 0 Å². The van der Waals surface area contributed by atoms with Crippen LogP contribution in [-0.2, 0) is 0 Å². The van der Waals surface area contributed by atoms with Gasteiger partial charge < -0.3 is 10.3 Å². The average Bonchev–Trinajstić information content (AvgIpc) is 3.03. The Kier molecular flexibility index (Phi) is 5.63. The van der Waals surface area contributed by atoms with E-state index in [2.05, 4.69) is 81.5 Å². The van der Waals surface area contributed by atoms with Crippen LogP contribution in [0.5, 0.6) is 0 Å². The number of H-pyrrole nitrogens is 1. The van der Waals surface area contributed by atoms with E-state index in [1.165, 1.54) is 11.3 Å². The van der Waals surface area contributed by atoms with Crippen LogP contribution in [0.25, 0.3) is 11.3 Å². The van der Waals surface area contributed by atoms with Crippen molar-refractivity contribution in [2.45, 2.75) is 24.3 Å². The summed E-state index contributed by atoms with van der Waals surface area (Å²) in [6, 6.07) is 16.6. The first-order valence-corrected chi connectivity index (χ1v) is 9.56. The molecule has 124 valence electrons. The Bertz CT molecular complexity index is 798. The summed E-state index contributed by atoms with van der Waals surface area (Å²) in [7, 11) is 0. The summed E-state index contributed by atoms with van der Waals surface area (Å²) < 4.78 is 1.08. The van der Waals surface area contributed by atoms with E-state index in [0.29, 0.717) is 5.25 Å². The lowest BCUT2D eigenvalue weighted by atomic mass is 10.2. The van der Waals surface area contributed by atoms with Crippen molar-refractivity contribution in [2.75, 3.05) is 11.9 Å². The van der Waals surface area contributed by atoms with Crippen LogP contribution in [0.3, 0.4) is 0 Å². The highest BCUT2D eigenvalue weighted by atomic mass is 79.9. The van der Waals surface area contributed by atoms with E-state index in [9.17, 15) is 0 Å². The number of rotatable bonds is 6. The van der Waals surface area contributed by atoms with Gasteiger partial charge in [0.25, 0.3) is 0 Å². The van der Waals surface area contributed by atoms with E-state index in [-0.39, 0.29) is 0 Å². The van der Waals surface area contributed by atoms with Gasteiger partial charge in [0.1, 0.15) is 0 Å². The number of thioether (sulfide) groups is 1. The molecule has 3 nitrogen and oxygen atoms in total. The molecule has 2 aromatic carbocycles. The van der Waals surface area contributed by atoms with E-state index >= 15 is 0 Å². The summed E-state index contributed by atoms with van der Waals surface area (Å²) in [5.41, 5.74) is 4.65. The number of para-hydroxylation sites is 1. The maximum atomic E-state index is 4.50. The van der Waals surface area contributed by atoms with Crippen LogP contribution < -0.4 is 5.32 Å². The molecule has 0 aliphatic rings. The molecule has 1 aromatic heterocycles. The lowest BCUT2D eigenvalue weighted by molar-refractivity contribution is 0.972. The second kappa shape index (κ2) is 7.90. The quantitative estimate of drug-likeness (QED) is 0.517. The zero-order valence-corrected chi connectivity index (χ0v) is 16.1. The first-order chi connectivity index (χ1) is 11.6. The molecule has 0 aliphatic carbocycles. The number of aromatic nitrogens is 2. The molecule has 2 N–H and O–H groups in total. The monoisotopic (exact) mass is 401 g/mol. The normalized spacial score (nSPS) is 12.1. The molecule has 24 heavy (non-hydrogen) atoms. The Morgan fingerprint density at radius 2 is 1.92 bits per heavy atom. The molecule has 3 aromatic rings. The number of aryl methyl sites for hydroxylation is 1. The van der Waals surface area contributed by atoms with Crippen LogP contribution in [0.1, 0.15) is 12.5 Å². The Balaban J connectivity index is 1.58. The van der Waals surface area contributed by atoms with Gasteiger partial charge in [0.15, 0.2) is 5.16 Å². The van der Waals surface area contributed by atoms with E-state index in [1.54, 1.807) is 11.8 Å². The molecule has 0 spiro atoms. The van der Waals surface area contributed by atoms with Crippen molar-refractivity contribution < 1.29 is 0 Å². The molecule has 5 heteroatoms. The number of hydrogen-bond acceptors (Lipinski definition) is 3. The number of hydrogen-bond donors (Lipinski definition) is 2. The third-order valence-electron chi connectivity index (χ3n) is 3.75. The molecule has 0 radical (unpaired) electrons. The predicted molar refractivity (Wildman–Crippen MR) is 107 cm³/mol. The lowest BCUT2D eigenvalue weighted by Gasteiger charge is -2.13. The van der Waals surface area contributed by atoms with Gasteiger partial charge in [0, 0.05) is 22.0 Å². The van der Waals surface area contributed by atoms with Crippen LogP contribution in [0.4, 0.5) is 5.69 Å². The molecule has 1 atom stereocenters. The standard InChI is InChI=1S/C19H20BrN3S/c1-13-5-3-4-6-17(13)21-11-14(2)24-19-22-12-18(23-19)15-7-9-16(20)10-8-15/h3-10,12,14,21H,11H2,1-2H3,(H,22,23). The van der Waals surface area contributed by atoms with E-state index in [4.69, 9.17) is 0 Å². The number of nitrogens with zero attached hydrogens (tertiary/aromatic N) is 1. The third kappa shape index (κ3) is 4.42. The summed E-state index contributed by atoms with van der Waals surface area (Å²) in [6.45, 7) is 5.22. The van der Waals surface area contributed by atoms with Gasteiger partial charge in [-0.3, -0.25) is 0 Å². The van der Waals surface area contributed by atoms with Gasteiger partial charge >= 0.3 is 0 Å². The molecule has 0 bridgehead atoms. The van der Waals surface area contributed by atoms with Crippen LogP contribution in [0.15, 0.2) is 64.4 Å². The van der Waals surface area contributed by atoms with Crippen molar-refractivity contribution >= 4 is 33.4 Å². The molecule has 1 heterocycles. The van der Waals surface area contributed by atoms with Crippen molar-refractivity contribution in [3.05, 3.63) is 64.8 Å². The minimum atomic E-state index is 0.411. The maximum Gasteiger partial charge on any atom is 0.166 e. The summed E-state index contributed by atoms with van der Waals surface area (Å²) in [4.78, 5) is 7.89. The molecule has 0 saturated carbocycles. The van der Waals surface area contributed by atoms with Crippen LogP contribution in [0, 0.1) is 6.92 Å². The van der Waals surface area contributed by atoms with Crippen molar-refractivity contribution in [1.29, 1.82) is 0 Å². The lowest BCUT2D eigenvalue weighted by Crippen LogP contribution is -2.13. The smallest absolute Gasteiger partial charge is 0.166 e. The van der Waals surface area contributed by atoms with Crippen molar-refractivity contribution in [2.24, 2.45) is 0 Å². The summed E-state index contributed by atoms with van der Waals surface area (Å²) in [6.07, 6.45) is 1.90. The molecule has 0 amide bonds. The topological polar surface area (TPSA) is 40.7 Å². The molecular formula is C19H20BrN3S. The first-order valence-electron chi connectivity index (χ1n) is 7.89. The molecule has 0 saturated heterocycles. The minimum Gasteiger partial charge on any atom is -0.384 e. The Morgan fingerprint density at radius 3 is 2.67 bits per heavy atom.